The Morgan fingerprint density at radius 1 is 0.684 bits per heavy atom. The van der Waals surface area contributed by atoms with Crippen LogP contribution in [0, 0.1) is 11.8 Å². The quantitative estimate of drug-likeness (QED) is 0.255. The van der Waals surface area contributed by atoms with Crippen LogP contribution < -0.4 is 21.7 Å². The standard InChI is InChI=1S/C29H40N4O5/c1-18(2)15-22(26(34)33-24(29(37)38)17-21-13-9-6-10-14-21)31-27(35)23(16-20-11-7-5-8-12-20)32-28(36)25(30)19(3)4/h5-14,18-19,22-25H,15-17,30H2,1-4H3,(H,31,35)(H,32,36)(H,33,34)(H,37,38). The first-order chi connectivity index (χ1) is 18.0. The number of hydrogen-bond donors (Lipinski definition) is 5. The van der Waals surface area contributed by atoms with Gasteiger partial charge in [-0.05, 0) is 29.4 Å². The average molecular weight is 525 g/mol. The Bertz CT molecular complexity index is 1060. The van der Waals surface area contributed by atoms with E-state index in [-0.39, 0.29) is 31.1 Å². The van der Waals surface area contributed by atoms with E-state index < -0.39 is 47.9 Å². The fraction of sp³-hybridized carbons (Fsp3) is 0.448. The van der Waals surface area contributed by atoms with E-state index in [0.29, 0.717) is 0 Å². The van der Waals surface area contributed by atoms with E-state index in [4.69, 9.17) is 5.73 Å². The van der Waals surface area contributed by atoms with Crippen molar-refractivity contribution in [3.05, 3.63) is 71.8 Å². The van der Waals surface area contributed by atoms with Crippen LogP contribution in [0.3, 0.4) is 0 Å². The third-order valence-electron chi connectivity index (χ3n) is 6.17. The molecular weight excluding hydrogens is 484 g/mol. The second kappa shape index (κ2) is 14.9. The van der Waals surface area contributed by atoms with Crippen molar-refractivity contribution in [2.24, 2.45) is 17.6 Å². The SMILES string of the molecule is CC(C)CC(NC(=O)C(Cc1ccccc1)NC(=O)C(N)C(C)C)C(=O)NC(Cc1ccccc1)C(=O)O. The molecule has 2 aromatic carbocycles. The van der Waals surface area contributed by atoms with Gasteiger partial charge in [0, 0.05) is 12.8 Å². The number of aliphatic carboxylic acids is 1. The minimum Gasteiger partial charge on any atom is -0.480 e. The molecule has 9 nitrogen and oxygen atoms in total. The van der Waals surface area contributed by atoms with Gasteiger partial charge in [0.1, 0.15) is 18.1 Å². The van der Waals surface area contributed by atoms with Crippen molar-refractivity contribution in [1.29, 1.82) is 0 Å². The first-order valence-corrected chi connectivity index (χ1v) is 12.9. The molecule has 9 heteroatoms. The predicted octanol–water partition coefficient (Wildman–Crippen LogP) is 2.04. The lowest BCUT2D eigenvalue weighted by Crippen LogP contribution is -2.58. The maximum atomic E-state index is 13.4. The summed E-state index contributed by atoms with van der Waals surface area (Å²) in [7, 11) is 0. The Hall–Kier alpha value is -3.72. The van der Waals surface area contributed by atoms with Crippen molar-refractivity contribution >= 4 is 23.7 Å². The van der Waals surface area contributed by atoms with Crippen LogP contribution in [0.25, 0.3) is 0 Å². The zero-order valence-electron chi connectivity index (χ0n) is 22.5. The number of nitrogens with one attached hydrogen (secondary N) is 3. The van der Waals surface area contributed by atoms with E-state index in [9.17, 15) is 24.3 Å². The molecule has 0 aliphatic carbocycles. The molecule has 0 saturated carbocycles. The Labute approximate surface area is 224 Å². The van der Waals surface area contributed by atoms with Gasteiger partial charge in [0.05, 0.1) is 6.04 Å². The van der Waals surface area contributed by atoms with Crippen LogP contribution in [-0.4, -0.2) is 53.0 Å². The molecule has 0 radical (unpaired) electrons. The molecule has 0 heterocycles. The van der Waals surface area contributed by atoms with Crippen molar-refractivity contribution in [1.82, 2.24) is 16.0 Å². The Balaban J connectivity index is 2.21. The van der Waals surface area contributed by atoms with Gasteiger partial charge in [-0.1, -0.05) is 88.4 Å². The van der Waals surface area contributed by atoms with Gasteiger partial charge in [0.15, 0.2) is 0 Å². The third-order valence-corrected chi connectivity index (χ3v) is 6.17. The first-order valence-electron chi connectivity index (χ1n) is 12.9. The largest absolute Gasteiger partial charge is 0.480 e. The third kappa shape index (κ3) is 9.97. The monoisotopic (exact) mass is 524 g/mol. The van der Waals surface area contributed by atoms with E-state index >= 15 is 0 Å². The van der Waals surface area contributed by atoms with E-state index in [1.807, 2.05) is 64.1 Å². The molecule has 6 N–H and O–H groups in total. The molecule has 4 atom stereocenters. The number of carboxylic acid groups (broad SMARTS) is 1. The number of nitrogens with two attached hydrogens (primary N) is 1. The zero-order valence-corrected chi connectivity index (χ0v) is 22.5. The van der Waals surface area contributed by atoms with Gasteiger partial charge in [-0.15, -0.1) is 0 Å². The maximum Gasteiger partial charge on any atom is 0.326 e. The first kappa shape index (κ1) is 30.5. The molecule has 0 aliphatic heterocycles. The summed E-state index contributed by atoms with van der Waals surface area (Å²) in [6.07, 6.45) is 0.585. The van der Waals surface area contributed by atoms with Gasteiger partial charge >= 0.3 is 5.97 Å². The highest BCUT2D eigenvalue weighted by molar-refractivity contribution is 5.94. The van der Waals surface area contributed by atoms with Crippen LogP contribution >= 0.6 is 0 Å². The molecule has 206 valence electrons. The van der Waals surface area contributed by atoms with Crippen LogP contribution in [0.15, 0.2) is 60.7 Å². The molecule has 0 fully saturated rings. The van der Waals surface area contributed by atoms with Gasteiger partial charge in [0.25, 0.3) is 0 Å². The molecule has 0 spiro atoms. The molecule has 4 unspecified atom stereocenters. The summed E-state index contributed by atoms with van der Waals surface area (Å²) < 4.78 is 0. The van der Waals surface area contributed by atoms with Crippen LogP contribution in [0.2, 0.25) is 0 Å². The van der Waals surface area contributed by atoms with Crippen molar-refractivity contribution in [3.63, 3.8) is 0 Å². The summed E-state index contributed by atoms with van der Waals surface area (Å²) in [5.41, 5.74) is 7.58. The Morgan fingerprint density at radius 3 is 1.55 bits per heavy atom. The highest BCUT2D eigenvalue weighted by Crippen LogP contribution is 2.10. The lowest BCUT2D eigenvalue weighted by Gasteiger charge is -2.26. The number of carboxylic acids is 1. The van der Waals surface area contributed by atoms with Crippen LogP contribution in [0.4, 0.5) is 0 Å². The highest BCUT2D eigenvalue weighted by Gasteiger charge is 2.31. The number of carbonyl (C=O) groups excluding carboxylic acids is 3. The summed E-state index contributed by atoms with van der Waals surface area (Å²) in [5.74, 6) is -2.89. The van der Waals surface area contributed by atoms with E-state index in [1.165, 1.54) is 0 Å². The Kier molecular flexibility index (Phi) is 11.9. The van der Waals surface area contributed by atoms with Crippen LogP contribution in [0.1, 0.15) is 45.2 Å². The summed E-state index contributed by atoms with van der Waals surface area (Å²) >= 11 is 0. The van der Waals surface area contributed by atoms with Gasteiger partial charge in [-0.25, -0.2) is 4.79 Å². The van der Waals surface area contributed by atoms with E-state index in [2.05, 4.69) is 16.0 Å². The molecule has 0 aromatic heterocycles. The smallest absolute Gasteiger partial charge is 0.326 e. The van der Waals surface area contributed by atoms with E-state index in [0.717, 1.165) is 11.1 Å². The van der Waals surface area contributed by atoms with Gasteiger partial charge in [0.2, 0.25) is 17.7 Å². The fourth-order valence-corrected chi connectivity index (χ4v) is 3.93. The predicted molar refractivity (Wildman–Crippen MR) is 146 cm³/mol. The number of rotatable bonds is 14. The van der Waals surface area contributed by atoms with Crippen LogP contribution in [0.5, 0.6) is 0 Å². The summed E-state index contributed by atoms with van der Waals surface area (Å²) in [6.45, 7) is 7.42. The lowest BCUT2D eigenvalue weighted by molar-refractivity contribution is -0.142. The second-order valence-corrected chi connectivity index (χ2v) is 10.3. The van der Waals surface area contributed by atoms with Crippen molar-refractivity contribution in [3.8, 4) is 0 Å². The maximum absolute atomic E-state index is 13.4. The van der Waals surface area contributed by atoms with Crippen LogP contribution in [-0.2, 0) is 32.0 Å². The summed E-state index contributed by atoms with van der Waals surface area (Å²) in [4.78, 5) is 51.3. The normalized spacial score (nSPS) is 14.3. The van der Waals surface area contributed by atoms with Gasteiger partial charge in [-0.2, -0.15) is 0 Å². The highest BCUT2D eigenvalue weighted by atomic mass is 16.4. The molecule has 2 rings (SSSR count). The second-order valence-electron chi connectivity index (χ2n) is 10.3. The molecule has 0 aliphatic rings. The lowest BCUT2D eigenvalue weighted by atomic mass is 9.99. The molecule has 2 aromatic rings. The summed E-state index contributed by atoms with van der Waals surface area (Å²) in [5, 5.41) is 17.8. The van der Waals surface area contributed by atoms with Crippen molar-refractivity contribution < 1.29 is 24.3 Å². The average Bonchev–Trinajstić information content (AvgIpc) is 2.87. The topological polar surface area (TPSA) is 151 Å². The zero-order chi connectivity index (χ0) is 28.2. The number of benzene rings is 2. The molecular formula is C29H40N4O5. The van der Waals surface area contributed by atoms with Crippen molar-refractivity contribution in [2.75, 3.05) is 0 Å². The number of amides is 3. The summed E-state index contributed by atoms with van der Waals surface area (Å²) in [6, 6.07) is 14.3. The van der Waals surface area contributed by atoms with Gasteiger partial charge < -0.3 is 26.8 Å². The minimum absolute atomic E-state index is 0.0278. The Morgan fingerprint density at radius 2 is 1.11 bits per heavy atom. The molecule has 38 heavy (non-hydrogen) atoms. The fourth-order valence-electron chi connectivity index (χ4n) is 3.93. The number of hydrogen-bond acceptors (Lipinski definition) is 5. The van der Waals surface area contributed by atoms with E-state index in [1.54, 1.807) is 24.3 Å². The molecule has 0 saturated heterocycles. The van der Waals surface area contributed by atoms with Gasteiger partial charge in [-0.3, -0.25) is 14.4 Å². The van der Waals surface area contributed by atoms with Crippen molar-refractivity contribution in [2.45, 2.75) is 71.1 Å². The molecule has 0 bridgehead atoms. The molecule has 3 amide bonds. The number of carbonyl (C=O) groups is 4. The minimum atomic E-state index is -1.17.